The summed E-state index contributed by atoms with van der Waals surface area (Å²) in [6.07, 6.45) is 0. The summed E-state index contributed by atoms with van der Waals surface area (Å²) in [6, 6.07) is 26.4. The number of para-hydroxylation sites is 1. The fraction of sp³-hybridized carbons (Fsp3) is 0.270. The molecule has 0 unspecified atom stereocenters. The molecule has 0 aliphatic rings. The van der Waals surface area contributed by atoms with Crippen LogP contribution in [0.15, 0.2) is 78.9 Å². The third-order valence-electron chi connectivity index (χ3n) is 6.18. The van der Waals surface area contributed by atoms with Gasteiger partial charge in [0.1, 0.15) is 17.5 Å². The normalized spacial score (nSPS) is 10.0. The third-order valence-corrected chi connectivity index (χ3v) is 6.18. The van der Waals surface area contributed by atoms with Gasteiger partial charge in [0.2, 0.25) is 0 Å². The summed E-state index contributed by atoms with van der Waals surface area (Å²) in [7, 11) is 0. The van der Waals surface area contributed by atoms with Crippen molar-refractivity contribution >= 4 is 10.9 Å². The molecule has 6 aromatic rings. The second-order valence-electron chi connectivity index (χ2n) is 10.8. The Morgan fingerprint density at radius 2 is 0.773 bits per heavy atom. The van der Waals surface area contributed by atoms with Gasteiger partial charge in [-0.05, 0) is 105 Å². The zero-order chi connectivity index (χ0) is 32.2. The lowest BCUT2D eigenvalue weighted by Gasteiger charge is -2.06. The Labute approximate surface area is 262 Å². The molecule has 4 aromatic heterocycles. The van der Waals surface area contributed by atoms with Gasteiger partial charge in [-0.15, -0.1) is 0 Å². The second kappa shape index (κ2) is 16.1. The van der Waals surface area contributed by atoms with Crippen LogP contribution in [0.1, 0.15) is 57.2 Å². The zero-order valence-electron chi connectivity index (χ0n) is 27.6. The first kappa shape index (κ1) is 33.6. The minimum Gasteiger partial charge on any atom is -0.258 e. The predicted octanol–water partition coefficient (Wildman–Crippen LogP) is 8.42. The monoisotopic (exact) mass is 585 g/mol. The van der Waals surface area contributed by atoms with Crippen LogP contribution >= 0.6 is 0 Å². The van der Waals surface area contributed by atoms with E-state index in [1.165, 1.54) is 5.56 Å². The molecular formula is C37H43N7. The Bertz CT molecular complexity index is 1550. The highest BCUT2D eigenvalue weighted by atomic mass is 14.9. The van der Waals surface area contributed by atoms with Gasteiger partial charge in [0.05, 0.1) is 11.2 Å². The number of hydrogen-bond acceptors (Lipinski definition) is 7. The number of rotatable bonds is 1. The smallest absolute Gasteiger partial charge is 0.126 e. The Morgan fingerprint density at radius 1 is 0.364 bits per heavy atom. The first-order valence-electron chi connectivity index (χ1n) is 14.7. The van der Waals surface area contributed by atoms with Gasteiger partial charge < -0.3 is 0 Å². The molecule has 4 heterocycles. The summed E-state index contributed by atoms with van der Waals surface area (Å²) >= 11 is 0. The molecule has 6 rings (SSSR count). The lowest BCUT2D eigenvalue weighted by Crippen LogP contribution is -1.93. The Kier molecular flexibility index (Phi) is 12.3. The molecule has 0 radical (unpaired) electrons. The molecule has 0 saturated heterocycles. The maximum atomic E-state index is 4.56. The molecule has 0 aliphatic heterocycles. The quantitative estimate of drug-likeness (QED) is 0.191. The second-order valence-corrected chi connectivity index (χ2v) is 10.8. The van der Waals surface area contributed by atoms with E-state index in [-0.39, 0.29) is 0 Å². The van der Waals surface area contributed by atoms with Crippen LogP contribution in [0.3, 0.4) is 0 Å². The van der Waals surface area contributed by atoms with Gasteiger partial charge in [-0.2, -0.15) is 0 Å². The van der Waals surface area contributed by atoms with Crippen molar-refractivity contribution in [1.29, 1.82) is 0 Å². The predicted molar refractivity (Wildman–Crippen MR) is 181 cm³/mol. The average Bonchev–Trinajstić information content (AvgIpc) is 2.92. The van der Waals surface area contributed by atoms with Gasteiger partial charge in [0.25, 0.3) is 0 Å². The molecule has 0 N–H and O–H groups in total. The van der Waals surface area contributed by atoms with Crippen LogP contribution in [0.5, 0.6) is 0 Å². The van der Waals surface area contributed by atoms with Gasteiger partial charge in [-0.3, -0.25) is 4.98 Å². The van der Waals surface area contributed by atoms with Crippen molar-refractivity contribution in [2.45, 2.75) is 69.2 Å². The number of fused-ring (bicyclic) bond motifs is 1. The Balaban J connectivity index is 0.000000170. The molecule has 0 fully saturated rings. The van der Waals surface area contributed by atoms with Crippen LogP contribution in [0.25, 0.3) is 22.2 Å². The largest absolute Gasteiger partial charge is 0.258 e. The van der Waals surface area contributed by atoms with Crippen molar-refractivity contribution in [2.24, 2.45) is 0 Å². The third kappa shape index (κ3) is 11.1. The van der Waals surface area contributed by atoms with Crippen LogP contribution in [0.4, 0.5) is 0 Å². The molecule has 44 heavy (non-hydrogen) atoms. The molecule has 0 aliphatic carbocycles. The molecule has 2 aromatic carbocycles. The van der Waals surface area contributed by atoms with E-state index in [1.54, 1.807) is 0 Å². The summed E-state index contributed by atoms with van der Waals surface area (Å²) in [5.74, 6) is 2.52. The van der Waals surface area contributed by atoms with Crippen LogP contribution < -0.4 is 0 Å². The molecule has 0 atom stereocenters. The van der Waals surface area contributed by atoms with E-state index in [0.717, 1.165) is 73.8 Å². The molecule has 0 saturated carbocycles. The number of hydrogen-bond donors (Lipinski definition) is 0. The fourth-order valence-electron chi connectivity index (χ4n) is 4.86. The fourth-order valence-corrected chi connectivity index (χ4v) is 4.86. The van der Waals surface area contributed by atoms with Crippen molar-refractivity contribution < 1.29 is 0 Å². The van der Waals surface area contributed by atoms with E-state index in [0.29, 0.717) is 0 Å². The van der Waals surface area contributed by atoms with Gasteiger partial charge >= 0.3 is 0 Å². The lowest BCUT2D eigenvalue weighted by atomic mass is 10.1. The van der Waals surface area contributed by atoms with E-state index in [9.17, 15) is 0 Å². The number of aryl methyl sites for hydroxylation is 10. The standard InChI is InChI=1S/C15H12N2.C8H11N.2C7H10N2/c1-11-16-14-10-6-5-9-13(14)15(17-11)12-7-3-2-4-8-12;1-6-4-7(2)9-8(3)5-6;2*1-5-4-6(2)9-7(3)8-5/h2-10H,1H3;4-5H,1-3H3;2*4H,1-3H3. The minimum absolute atomic E-state index is 0.808. The molecule has 0 bridgehead atoms. The van der Waals surface area contributed by atoms with Crippen molar-refractivity contribution in [1.82, 2.24) is 34.9 Å². The average molecular weight is 586 g/mol. The van der Waals surface area contributed by atoms with E-state index in [1.807, 2.05) is 111 Å². The molecule has 7 heteroatoms. The topological polar surface area (TPSA) is 90.2 Å². The lowest BCUT2D eigenvalue weighted by molar-refractivity contribution is 0.975. The van der Waals surface area contributed by atoms with E-state index in [2.05, 4.69) is 72.1 Å². The number of benzene rings is 2. The number of aromatic nitrogens is 7. The molecule has 0 spiro atoms. The highest BCUT2D eigenvalue weighted by molar-refractivity contribution is 5.92. The summed E-state index contributed by atoms with van der Waals surface area (Å²) in [6.45, 7) is 19.7. The minimum atomic E-state index is 0.808. The summed E-state index contributed by atoms with van der Waals surface area (Å²) in [4.78, 5) is 29.7. The van der Waals surface area contributed by atoms with Gasteiger partial charge in [-0.25, -0.2) is 29.9 Å². The van der Waals surface area contributed by atoms with Crippen LogP contribution in [-0.2, 0) is 0 Å². The first-order chi connectivity index (χ1) is 20.9. The Morgan fingerprint density at radius 3 is 1.23 bits per heavy atom. The summed E-state index contributed by atoms with van der Waals surface area (Å²) in [5, 5.41) is 1.10. The summed E-state index contributed by atoms with van der Waals surface area (Å²) in [5.41, 5.74) is 10.8. The first-order valence-corrected chi connectivity index (χ1v) is 14.7. The maximum Gasteiger partial charge on any atom is 0.126 e. The van der Waals surface area contributed by atoms with Crippen LogP contribution in [-0.4, -0.2) is 34.9 Å². The maximum absolute atomic E-state index is 4.56. The van der Waals surface area contributed by atoms with Gasteiger partial charge in [-0.1, -0.05) is 48.5 Å². The van der Waals surface area contributed by atoms with Crippen LogP contribution in [0.2, 0.25) is 0 Å². The van der Waals surface area contributed by atoms with Crippen molar-refractivity contribution in [2.75, 3.05) is 0 Å². The SMILES string of the molecule is Cc1cc(C)nc(C)c1.Cc1cc(C)nc(C)n1.Cc1cc(C)nc(C)n1.Cc1nc(-c2ccccc2)c2ccccc2n1. The summed E-state index contributed by atoms with van der Waals surface area (Å²) < 4.78 is 0. The van der Waals surface area contributed by atoms with Gasteiger partial charge in [0.15, 0.2) is 0 Å². The van der Waals surface area contributed by atoms with E-state index < -0.39 is 0 Å². The highest BCUT2D eigenvalue weighted by Gasteiger charge is 2.06. The molecular weight excluding hydrogens is 542 g/mol. The molecule has 226 valence electrons. The van der Waals surface area contributed by atoms with Gasteiger partial charge in [0, 0.05) is 45.1 Å². The van der Waals surface area contributed by atoms with E-state index in [4.69, 9.17) is 0 Å². The van der Waals surface area contributed by atoms with Crippen molar-refractivity contribution in [3.05, 3.63) is 136 Å². The van der Waals surface area contributed by atoms with E-state index >= 15 is 0 Å². The zero-order valence-corrected chi connectivity index (χ0v) is 27.6. The molecule has 7 nitrogen and oxygen atoms in total. The number of nitrogens with zero attached hydrogens (tertiary/aromatic N) is 7. The number of pyridine rings is 1. The van der Waals surface area contributed by atoms with Crippen LogP contribution in [0, 0.1) is 69.2 Å². The highest BCUT2D eigenvalue weighted by Crippen LogP contribution is 2.25. The Hall–Kier alpha value is -4.91. The van der Waals surface area contributed by atoms with Crippen molar-refractivity contribution in [3.63, 3.8) is 0 Å². The van der Waals surface area contributed by atoms with Crippen molar-refractivity contribution in [3.8, 4) is 11.3 Å². The molecule has 0 amide bonds.